The molecule has 0 saturated carbocycles. The number of carbonyl (C=O) groups excluding carboxylic acids is 2. The van der Waals surface area contributed by atoms with Gasteiger partial charge in [-0.3, -0.25) is 9.59 Å². The highest BCUT2D eigenvalue weighted by Crippen LogP contribution is 1.83. The van der Waals surface area contributed by atoms with E-state index < -0.39 is 5.91 Å². The van der Waals surface area contributed by atoms with Gasteiger partial charge in [-0.15, -0.1) is 0 Å². The Hall–Kier alpha value is -1.10. The first-order chi connectivity index (χ1) is 5.54. The molecule has 0 aliphatic heterocycles. The molecule has 0 fully saturated rings. The Morgan fingerprint density at radius 3 is 2.42 bits per heavy atom. The van der Waals surface area contributed by atoms with Crippen LogP contribution in [-0.4, -0.2) is 43.9 Å². The van der Waals surface area contributed by atoms with E-state index in [0.717, 1.165) is 0 Å². The third kappa shape index (κ3) is 5.67. The van der Waals surface area contributed by atoms with Crippen molar-refractivity contribution >= 4 is 11.8 Å². The number of nitrogens with two attached hydrogens (primary N) is 1. The second kappa shape index (κ2) is 5.54. The van der Waals surface area contributed by atoms with Crippen LogP contribution in [0, 0.1) is 0 Å². The average Bonchev–Trinajstić information content (AvgIpc) is 1.97. The van der Waals surface area contributed by atoms with Crippen LogP contribution in [-0.2, 0) is 9.59 Å². The summed E-state index contributed by atoms with van der Waals surface area (Å²) in [5.74, 6) is -0.376. The van der Waals surface area contributed by atoms with Crippen LogP contribution in [0.5, 0.6) is 0 Å². The minimum Gasteiger partial charge on any atom is -0.369 e. The van der Waals surface area contributed by atoms with Crippen LogP contribution in [0.1, 0.15) is 6.42 Å². The Morgan fingerprint density at radius 1 is 1.42 bits per heavy atom. The smallest absolute Gasteiger partial charge is 0.231 e. The lowest BCUT2D eigenvalue weighted by molar-refractivity contribution is -0.128. The Morgan fingerprint density at radius 2 is 2.00 bits per heavy atom. The highest BCUT2D eigenvalue weighted by molar-refractivity contribution is 5.77. The van der Waals surface area contributed by atoms with Crippen LogP contribution in [0.3, 0.4) is 0 Å². The molecule has 0 bridgehead atoms. The average molecular weight is 173 g/mol. The number of amides is 2. The number of rotatable bonds is 5. The zero-order valence-corrected chi connectivity index (χ0v) is 7.46. The second-order valence-corrected chi connectivity index (χ2v) is 2.68. The van der Waals surface area contributed by atoms with Crippen molar-refractivity contribution in [2.45, 2.75) is 6.42 Å². The van der Waals surface area contributed by atoms with Gasteiger partial charge in [-0.05, 0) is 0 Å². The molecule has 0 aliphatic carbocycles. The van der Waals surface area contributed by atoms with Gasteiger partial charge in [0.05, 0.1) is 6.54 Å². The molecule has 0 rings (SSSR count). The summed E-state index contributed by atoms with van der Waals surface area (Å²) in [4.78, 5) is 22.7. The third-order valence-electron chi connectivity index (χ3n) is 1.31. The molecule has 70 valence electrons. The summed E-state index contributed by atoms with van der Waals surface area (Å²) in [7, 11) is 3.38. The fraction of sp³-hybridized carbons (Fsp3) is 0.714. The molecule has 0 unspecified atom stereocenters. The van der Waals surface area contributed by atoms with Crippen molar-refractivity contribution in [2.24, 2.45) is 5.73 Å². The number of primary amides is 1. The number of hydrogen-bond donors (Lipinski definition) is 2. The van der Waals surface area contributed by atoms with Crippen molar-refractivity contribution in [3.05, 3.63) is 0 Å². The predicted octanol–water partition coefficient (Wildman–Crippen LogP) is -1.46. The summed E-state index contributed by atoms with van der Waals surface area (Å²) in [5.41, 5.74) is 4.87. The third-order valence-corrected chi connectivity index (χ3v) is 1.31. The van der Waals surface area contributed by atoms with E-state index in [2.05, 4.69) is 5.32 Å². The van der Waals surface area contributed by atoms with Crippen molar-refractivity contribution in [1.29, 1.82) is 0 Å². The van der Waals surface area contributed by atoms with Gasteiger partial charge in [0, 0.05) is 27.1 Å². The minimum atomic E-state index is -0.410. The van der Waals surface area contributed by atoms with Crippen LogP contribution >= 0.6 is 0 Å². The highest BCUT2D eigenvalue weighted by atomic mass is 16.2. The largest absolute Gasteiger partial charge is 0.369 e. The Labute approximate surface area is 71.9 Å². The van der Waals surface area contributed by atoms with Crippen molar-refractivity contribution in [1.82, 2.24) is 10.2 Å². The molecule has 5 nitrogen and oxygen atoms in total. The second-order valence-electron chi connectivity index (χ2n) is 2.68. The molecule has 12 heavy (non-hydrogen) atoms. The van der Waals surface area contributed by atoms with E-state index in [0.29, 0.717) is 13.0 Å². The maximum Gasteiger partial charge on any atom is 0.231 e. The first-order valence-corrected chi connectivity index (χ1v) is 3.73. The lowest BCUT2D eigenvalue weighted by Gasteiger charge is -2.09. The van der Waals surface area contributed by atoms with Gasteiger partial charge >= 0.3 is 0 Å². The lowest BCUT2D eigenvalue weighted by Crippen LogP contribution is -2.32. The van der Waals surface area contributed by atoms with Gasteiger partial charge in [0.2, 0.25) is 11.8 Å². The number of hydrogen-bond acceptors (Lipinski definition) is 3. The molecule has 5 heteroatoms. The maximum atomic E-state index is 11.0. The van der Waals surface area contributed by atoms with Crippen LogP contribution < -0.4 is 11.1 Å². The lowest BCUT2D eigenvalue weighted by atomic mass is 10.4. The van der Waals surface area contributed by atoms with E-state index in [-0.39, 0.29) is 12.5 Å². The molecule has 0 aromatic carbocycles. The van der Waals surface area contributed by atoms with Crippen molar-refractivity contribution < 1.29 is 9.59 Å². The Kier molecular flexibility index (Phi) is 5.03. The van der Waals surface area contributed by atoms with E-state index in [1.54, 1.807) is 14.1 Å². The van der Waals surface area contributed by atoms with E-state index >= 15 is 0 Å². The fourth-order valence-corrected chi connectivity index (χ4v) is 0.631. The van der Waals surface area contributed by atoms with Crippen LogP contribution in [0.2, 0.25) is 0 Å². The molecular weight excluding hydrogens is 158 g/mol. The zero-order chi connectivity index (χ0) is 9.56. The van der Waals surface area contributed by atoms with Crippen LogP contribution in [0.25, 0.3) is 0 Å². The molecular formula is C7H15N3O2. The van der Waals surface area contributed by atoms with Crippen molar-refractivity contribution in [2.75, 3.05) is 27.2 Å². The summed E-state index contributed by atoms with van der Waals surface area (Å²) in [6.45, 7) is 0.612. The first kappa shape index (κ1) is 10.9. The molecule has 0 radical (unpaired) electrons. The molecule has 0 spiro atoms. The van der Waals surface area contributed by atoms with Gasteiger partial charge in [-0.25, -0.2) is 0 Å². The maximum absolute atomic E-state index is 11.0. The molecule has 0 atom stereocenters. The fourth-order valence-electron chi connectivity index (χ4n) is 0.631. The molecule has 0 aromatic heterocycles. The molecule has 0 heterocycles. The summed E-state index contributed by atoms with van der Waals surface area (Å²) < 4.78 is 0. The van der Waals surface area contributed by atoms with Gasteiger partial charge in [0.25, 0.3) is 0 Å². The quantitative estimate of drug-likeness (QED) is 0.499. The first-order valence-electron chi connectivity index (χ1n) is 3.73. The summed E-state index contributed by atoms with van der Waals surface area (Å²) in [5, 5.41) is 2.75. The Balaban J connectivity index is 3.32. The normalized spacial score (nSPS) is 9.50. The van der Waals surface area contributed by atoms with E-state index in [4.69, 9.17) is 5.73 Å². The number of nitrogens with one attached hydrogen (secondary N) is 1. The minimum absolute atomic E-state index is 0.0342. The zero-order valence-electron chi connectivity index (χ0n) is 7.46. The van der Waals surface area contributed by atoms with E-state index in [1.165, 1.54) is 4.90 Å². The van der Waals surface area contributed by atoms with Gasteiger partial charge in [-0.1, -0.05) is 0 Å². The van der Waals surface area contributed by atoms with E-state index in [9.17, 15) is 9.59 Å². The van der Waals surface area contributed by atoms with Crippen LogP contribution in [0.4, 0.5) is 0 Å². The molecule has 0 aromatic rings. The molecule has 0 saturated heterocycles. The topological polar surface area (TPSA) is 75.4 Å². The van der Waals surface area contributed by atoms with E-state index in [1.807, 2.05) is 0 Å². The Bertz CT molecular complexity index is 168. The standard InChI is InChI=1S/C7H15N3O2/c1-10(2)7(12)3-4-9-5-6(8)11/h9H,3-5H2,1-2H3,(H2,8,11). The molecule has 2 amide bonds. The van der Waals surface area contributed by atoms with Crippen LogP contribution in [0.15, 0.2) is 0 Å². The van der Waals surface area contributed by atoms with Gasteiger partial charge < -0.3 is 16.0 Å². The van der Waals surface area contributed by atoms with Gasteiger partial charge in [-0.2, -0.15) is 0 Å². The predicted molar refractivity (Wildman–Crippen MR) is 45.4 cm³/mol. The molecule has 0 aliphatic rings. The summed E-state index contributed by atoms with van der Waals surface area (Å²) in [6, 6.07) is 0. The number of nitrogens with zero attached hydrogens (tertiary/aromatic N) is 1. The van der Waals surface area contributed by atoms with Gasteiger partial charge in [0.1, 0.15) is 0 Å². The molecule has 3 N–H and O–H groups in total. The van der Waals surface area contributed by atoms with Crippen molar-refractivity contribution in [3.63, 3.8) is 0 Å². The summed E-state index contributed by atoms with van der Waals surface area (Å²) in [6.07, 6.45) is 0.389. The van der Waals surface area contributed by atoms with Gasteiger partial charge in [0.15, 0.2) is 0 Å². The number of carbonyl (C=O) groups is 2. The SMILES string of the molecule is CN(C)C(=O)CCNCC(N)=O. The van der Waals surface area contributed by atoms with Crippen molar-refractivity contribution in [3.8, 4) is 0 Å². The highest BCUT2D eigenvalue weighted by Gasteiger charge is 2.02. The monoisotopic (exact) mass is 173 g/mol. The summed E-state index contributed by atoms with van der Waals surface area (Å²) >= 11 is 0.